The highest BCUT2D eigenvalue weighted by atomic mass is 32.2. The Hall–Kier alpha value is -0.950. The molecule has 0 aliphatic rings. The van der Waals surface area contributed by atoms with Crippen LogP contribution in [0.4, 0.5) is 0 Å². The molecule has 0 spiro atoms. The molecule has 1 atom stereocenters. The molecular formula is C12H19NO4S. The van der Waals surface area contributed by atoms with Crippen molar-refractivity contribution in [2.75, 3.05) is 20.3 Å². The van der Waals surface area contributed by atoms with Crippen molar-refractivity contribution in [3.8, 4) is 0 Å². The Morgan fingerprint density at radius 3 is 2.33 bits per heavy atom. The standard InChI is InChI=1S/C12H19NO4S/c1-9-4-10(2)6-12(5-9)18(15,16)13-7-11(14)8-17-3/h4-6,11,13-14H,7-8H2,1-3H3. The largest absolute Gasteiger partial charge is 0.389 e. The summed E-state index contributed by atoms with van der Waals surface area (Å²) in [6.45, 7) is 3.70. The van der Waals surface area contributed by atoms with Crippen molar-refractivity contribution in [3.63, 3.8) is 0 Å². The van der Waals surface area contributed by atoms with Crippen molar-refractivity contribution in [1.82, 2.24) is 4.72 Å². The van der Waals surface area contributed by atoms with Crippen molar-refractivity contribution in [2.45, 2.75) is 24.8 Å². The average molecular weight is 273 g/mol. The van der Waals surface area contributed by atoms with Crippen LogP contribution in [-0.2, 0) is 14.8 Å². The molecule has 1 aromatic carbocycles. The van der Waals surface area contributed by atoms with Crippen molar-refractivity contribution >= 4 is 10.0 Å². The smallest absolute Gasteiger partial charge is 0.240 e. The normalized spacial score (nSPS) is 13.6. The van der Waals surface area contributed by atoms with Crippen molar-refractivity contribution in [3.05, 3.63) is 29.3 Å². The average Bonchev–Trinajstić information content (AvgIpc) is 2.26. The number of sulfonamides is 1. The van der Waals surface area contributed by atoms with Crippen LogP contribution in [0.1, 0.15) is 11.1 Å². The Morgan fingerprint density at radius 2 is 1.83 bits per heavy atom. The molecule has 18 heavy (non-hydrogen) atoms. The molecule has 0 heterocycles. The lowest BCUT2D eigenvalue weighted by atomic mass is 10.2. The molecule has 5 nitrogen and oxygen atoms in total. The van der Waals surface area contributed by atoms with E-state index < -0.39 is 16.1 Å². The first-order valence-corrected chi connectivity index (χ1v) is 7.08. The van der Waals surface area contributed by atoms with Crippen LogP contribution < -0.4 is 4.72 Å². The van der Waals surface area contributed by atoms with Gasteiger partial charge in [0.2, 0.25) is 10.0 Å². The molecule has 102 valence electrons. The highest BCUT2D eigenvalue weighted by Gasteiger charge is 2.16. The van der Waals surface area contributed by atoms with E-state index in [1.807, 2.05) is 19.9 Å². The van der Waals surface area contributed by atoms with Crippen molar-refractivity contribution in [2.24, 2.45) is 0 Å². The number of aliphatic hydroxyl groups excluding tert-OH is 1. The zero-order valence-corrected chi connectivity index (χ0v) is 11.6. The van der Waals surface area contributed by atoms with Crippen molar-refractivity contribution < 1.29 is 18.3 Å². The molecule has 0 amide bonds. The Kier molecular flexibility index (Phi) is 5.28. The van der Waals surface area contributed by atoms with Gasteiger partial charge in [0.15, 0.2) is 0 Å². The molecule has 1 aromatic rings. The minimum absolute atomic E-state index is 0.0663. The summed E-state index contributed by atoms with van der Waals surface area (Å²) in [5.41, 5.74) is 1.76. The quantitative estimate of drug-likeness (QED) is 0.795. The Labute approximate surface area is 108 Å². The van der Waals surface area contributed by atoms with E-state index in [1.54, 1.807) is 12.1 Å². The number of aryl methyl sites for hydroxylation is 2. The van der Waals surface area contributed by atoms with E-state index in [2.05, 4.69) is 4.72 Å². The highest BCUT2D eigenvalue weighted by Crippen LogP contribution is 2.14. The van der Waals surface area contributed by atoms with Gasteiger partial charge in [-0.05, 0) is 37.1 Å². The third-order valence-electron chi connectivity index (χ3n) is 2.37. The summed E-state index contributed by atoms with van der Waals surface area (Å²) in [4.78, 5) is 0.213. The Morgan fingerprint density at radius 1 is 1.28 bits per heavy atom. The molecular weight excluding hydrogens is 254 g/mol. The summed E-state index contributed by atoms with van der Waals surface area (Å²) >= 11 is 0. The van der Waals surface area contributed by atoms with Gasteiger partial charge in [-0.25, -0.2) is 13.1 Å². The van der Waals surface area contributed by atoms with Gasteiger partial charge in [0, 0.05) is 13.7 Å². The zero-order valence-electron chi connectivity index (χ0n) is 10.8. The molecule has 1 unspecified atom stereocenters. The number of nitrogens with one attached hydrogen (secondary N) is 1. The van der Waals surface area contributed by atoms with Gasteiger partial charge < -0.3 is 9.84 Å². The van der Waals surface area contributed by atoms with Crippen LogP contribution in [-0.4, -0.2) is 39.9 Å². The maximum Gasteiger partial charge on any atom is 0.240 e. The summed E-state index contributed by atoms with van der Waals surface area (Å²) in [5, 5.41) is 9.42. The first kappa shape index (κ1) is 15.1. The molecule has 0 aromatic heterocycles. The third kappa shape index (κ3) is 4.38. The second kappa shape index (κ2) is 6.29. The first-order valence-electron chi connectivity index (χ1n) is 5.60. The van der Waals surface area contributed by atoms with E-state index in [1.165, 1.54) is 7.11 Å². The minimum atomic E-state index is -3.58. The number of ether oxygens (including phenoxy) is 1. The van der Waals surface area contributed by atoms with Crippen LogP contribution in [0, 0.1) is 13.8 Å². The van der Waals surface area contributed by atoms with E-state index in [9.17, 15) is 13.5 Å². The molecule has 0 saturated carbocycles. The number of aliphatic hydroxyl groups is 1. The molecule has 0 aliphatic heterocycles. The lowest BCUT2D eigenvalue weighted by Crippen LogP contribution is -2.34. The van der Waals surface area contributed by atoms with Crippen LogP contribution in [0.15, 0.2) is 23.1 Å². The van der Waals surface area contributed by atoms with Crippen LogP contribution in [0.3, 0.4) is 0 Å². The Balaban J connectivity index is 2.80. The summed E-state index contributed by atoms with van der Waals surface area (Å²) in [6, 6.07) is 5.09. The van der Waals surface area contributed by atoms with E-state index in [0.717, 1.165) is 11.1 Å². The molecule has 0 radical (unpaired) electrons. The van der Waals surface area contributed by atoms with Gasteiger partial charge in [-0.1, -0.05) is 6.07 Å². The molecule has 1 rings (SSSR count). The second-order valence-corrected chi connectivity index (χ2v) is 6.05. The SMILES string of the molecule is COCC(O)CNS(=O)(=O)c1cc(C)cc(C)c1. The second-order valence-electron chi connectivity index (χ2n) is 4.28. The number of methoxy groups -OCH3 is 1. The van der Waals surface area contributed by atoms with Gasteiger partial charge >= 0.3 is 0 Å². The summed E-state index contributed by atoms with van der Waals surface area (Å²) < 4.78 is 31.0. The number of hydrogen-bond donors (Lipinski definition) is 2. The van der Waals surface area contributed by atoms with E-state index in [-0.39, 0.29) is 18.0 Å². The molecule has 0 bridgehead atoms. The molecule has 0 saturated heterocycles. The molecule has 6 heteroatoms. The third-order valence-corrected chi connectivity index (χ3v) is 3.78. The van der Waals surface area contributed by atoms with Gasteiger partial charge in [-0.15, -0.1) is 0 Å². The number of hydrogen-bond acceptors (Lipinski definition) is 4. The number of rotatable bonds is 6. The van der Waals surface area contributed by atoms with Gasteiger partial charge in [-0.3, -0.25) is 0 Å². The molecule has 0 fully saturated rings. The van der Waals surface area contributed by atoms with E-state index in [0.29, 0.717) is 0 Å². The van der Waals surface area contributed by atoms with Crippen LogP contribution in [0.2, 0.25) is 0 Å². The van der Waals surface area contributed by atoms with E-state index in [4.69, 9.17) is 4.74 Å². The first-order chi connectivity index (χ1) is 8.35. The lowest BCUT2D eigenvalue weighted by molar-refractivity contribution is 0.0679. The minimum Gasteiger partial charge on any atom is -0.389 e. The summed E-state index contributed by atoms with van der Waals surface area (Å²) in [7, 11) is -2.14. The maximum absolute atomic E-state index is 12.0. The van der Waals surface area contributed by atoms with Gasteiger partial charge in [0.25, 0.3) is 0 Å². The zero-order chi connectivity index (χ0) is 13.8. The lowest BCUT2D eigenvalue weighted by Gasteiger charge is -2.12. The van der Waals surface area contributed by atoms with Gasteiger partial charge in [0.1, 0.15) is 0 Å². The van der Waals surface area contributed by atoms with Crippen LogP contribution in [0.5, 0.6) is 0 Å². The fourth-order valence-corrected chi connectivity index (χ4v) is 2.89. The predicted molar refractivity (Wildman–Crippen MR) is 69.0 cm³/mol. The van der Waals surface area contributed by atoms with Crippen LogP contribution >= 0.6 is 0 Å². The monoisotopic (exact) mass is 273 g/mol. The summed E-state index contributed by atoms with van der Waals surface area (Å²) in [5.74, 6) is 0. The van der Waals surface area contributed by atoms with Crippen LogP contribution in [0.25, 0.3) is 0 Å². The fraction of sp³-hybridized carbons (Fsp3) is 0.500. The predicted octanol–water partition coefficient (Wildman–Crippen LogP) is 0.589. The van der Waals surface area contributed by atoms with Gasteiger partial charge in [-0.2, -0.15) is 0 Å². The van der Waals surface area contributed by atoms with E-state index >= 15 is 0 Å². The topological polar surface area (TPSA) is 75.6 Å². The molecule has 0 aliphatic carbocycles. The van der Waals surface area contributed by atoms with Crippen molar-refractivity contribution in [1.29, 1.82) is 0 Å². The fourth-order valence-electron chi connectivity index (χ4n) is 1.63. The highest BCUT2D eigenvalue weighted by molar-refractivity contribution is 7.89. The maximum atomic E-state index is 12.0. The summed E-state index contributed by atoms with van der Waals surface area (Å²) in [6.07, 6.45) is -0.851. The molecule has 2 N–H and O–H groups in total. The Bertz CT molecular complexity index is 479. The van der Waals surface area contributed by atoms with Gasteiger partial charge in [0.05, 0.1) is 17.6 Å². The number of benzene rings is 1.